The number of aliphatic hydroxyl groups excluding tert-OH is 1. The Kier molecular flexibility index (Phi) is 2.32. The van der Waals surface area contributed by atoms with Crippen LogP contribution in [0.3, 0.4) is 0 Å². The Balaban J connectivity index is 2.30. The minimum Gasteiger partial charge on any atom is -0.449 e. The van der Waals surface area contributed by atoms with Gasteiger partial charge < -0.3 is 20.3 Å². The van der Waals surface area contributed by atoms with Crippen molar-refractivity contribution in [1.29, 1.82) is 0 Å². The fourth-order valence-electron chi connectivity index (χ4n) is 1.58. The normalized spacial score (nSPS) is 18.9. The average molecular weight is 209 g/mol. The van der Waals surface area contributed by atoms with Crippen LogP contribution in [0.1, 0.15) is 25.5 Å². The molecule has 4 nitrogen and oxygen atoms in total. The van der Waals surface area contributed by atoms with Gasteiger partial charge in [0.15, 0.2) is 11.5 Å². The number of benzene rings is 1. The van der Waals surface area contributed by atoms with Gasteiger partial charge in [0.25, 0.3) is 0 Å². The van der Waals surface area contributed by atoms with Gasteiger partial charge >= 0.3 is 0 Å². The zero-order valence-corrected chi connectivity index (χ0v) is 8.86. The molecule has 1 unspecified atom stereocenters. The topological polar surface area (TPSA) is 64.7 Å². The van der Waals surface area contributed by atoms with Crippen molar-refractivity contribution in [2.75, 3.05) is 6.54 Å². The van der Waals surface area contributed by atoms with E-state index in [0.717, 1.165) is 5.56 Å². The fourth-order valence-corrected chi connectivity index (χ4v) is 1.58. The van der Waals surface area contributed by atoms with Crippen LogP contribution in [-0.2, 0) is 0 Å². The maximum absolute atomic E-state index is 9.57. The van der Waals surface area contributed by atoms with Gasteiger partial charge in [0.05, 0.1) is 6.10 Å². The van der Waals surface area contributed by atoms with E-state index in [1.807, 2.05) is 13.8 Å². The van der Waals surface area contributed by atoms with Crippen molar-refractivity contribution in [3.63, 3.8) is 0 Å². The Labute approximate surface area is 88.6 Å². The third-order valence-electron chi connectivity index (χ3n) is 2.29. The Hall–Kier alpha value is -1.26. The minimum atomic E-state index is -0.650. The van der Waals surface area contributed by atoms with E-state index in [1.54, 1.807) is 18.2 Å². The van der Waals surface area contributed by atoms with E-state index in [-0.39, 0.29) is 6.54 Å². The molecule has 0 saturated carbocycles. The van der Waals surface area contributed by atoms with Gasteiger partial charge in [-0.3, -0.25) is 0 Å². The van der Waals surface area contributed by atoms with Gasteiger partial charge in [-0.2, -0.15) is 0 Å². The minimum absolute atomic E-state index is 0.197. The maximum Gasteiger partial charge on any atom is 0.246 e. The van der Waals surface area contributed by atoms with Crippen molar-refractivity contribution in [3.05, 3.63) is 23.8 Å². The molecule has 82 valence electrons. The monoisotopic (exact) mass is 209 g/mol. The number of hydrogen-bond donors (Lipinski definition) is 2. The molecular formula is C11H15NO3. The summed E-state index contributed by atoms with van der Waals surface area (Å²) in [6.07, 6.45) is -0.650. The highest BCUT2D eigenvalue weighted by molar-refractivity contribution is 5.46. The molecule has 0 aliphatic carbocycles. The largest absolute Gasteiger partial charge is 0.449 e. The lowest BCUT2D eigenvalue weighted by atomic mass is 10.1. The summed E-state index contributed by atoms with van der Waals surface area (Å²) in [5.74, 6) is 0.729. The van der Waals surface area contributed by atoms with E-state index in [0.29, 0.717) is 11.5 Å². The third kappa shape index (κ3) is 1.91. The van der Waals surface area contributed by atoms with Crippen molar-refractivity contribution < 1.29 is 14.6 Å². The molecule has 2 rings (SSSR count). The highest BCUT2D eigenvalue weighted by Crippen LogP contribution is 2.40. The Morgan fingerprint density at radius 3 is 2.67 bits per heavy atom. The predicted octanol–water partition coefficient (Wildman–Crippen LogP) is 1.19. The number of ether oxygens (including phenoxy) is 2. The van der Waals surface area contributed by atoms with Crippen LogP contribution in [0.2, 0.25) is 0 Å². The van der Waals surface area contributed by atoms with Crippen molar-refractivity contribution in [1.82, 2.24) is 0 Å². The molecule has 0 bridgehead atoms. The summed E-state index contributed by atoms with van der Waals surface area (Å²) in [5.41, 5.74) is 6.13. The van der Waals surface area contributed by atoms with E-state index in [1.165, 1.54) is 0 Å². The lowest BCUT2D eigenvalue weighted by Gasteiger charge is -2.16. The van der Waals surface area contributed by atoms with Crippen LogP contribution < -0.4 is 15.2 Å². The number of nitrogens with two attached hydrogens (primary N) is 1. The third-order valence-corrected chi connectivity index (χ3v) is 2.29. The summed E-state index contributed by atoms with van der Waals surface area (Å²) in [5, 5.41) is 9.57. The molecule has 15 heavy (non-hydrogen) atoms. The second kappa shape index (κ2) is 3.40. The van der Waals surface area contributed by atoms with Crippen molar-refractivity contribution >= 4 is 0 Å². The van der Waals surface area contributed by atoms with Crippen LogP contribution >= 0.6 is 0 Å². The summed E-state index contributed by atoms with van der Waals surface area (Å²) in [4.78, 5) is 0. The summed E-state index contributed by atoms with van der Waals surface area (Å²) in [6.45, 7) is 3.88. The standard InChI is InChI=1S/C11H15NO3/c1-11(2)14-9-4-3-7(8(13)6-12)5-10(9)15-11/h3-5,8,13H,6,12H2,1-2H3. The van der Waals surface area contributed by atoms with Crippen LogP contribution in [0.15, 0.2) is 18.2 Å². The molecule has 0 spiro atoms. The number of rotatable bonds is 2. The molecule has 1 heterocycles. The van der Waals surface area contributed by atoms with E-state index < -0.39 is 11.9 Å². The number of fused-ring (bicyclic) bond motifs is 1. The van der Waals surface area contributed by atoms with Gasteiger partial charge in [-0.05, 0) is 17.7 Å². The van der Waals surface area contributed by atoms with E-state index in [2.05, 4.69) is 0 Å². The molecule has 0 amide bonds. The van der Waals surface area contributed by atoms with Crippen LogP contribution in [0.4, 0.5) is 0 Å². The first-order valence-corrected chi connectivity index (χ1v) is 4.92. The number of hydrogen-bond acceptors (Lipinski definition) is 4. The molecule has 0 radical (unpaired) electrons. The summed E-state index contributed by atoms with van der Waals surface area (Å²) in [6, 6.07) is 5.35. The molecule has 0 fully saturated rings. The van der Waals surface area contributed by atoms with E-state index in [9.17, 15) is 5.11 Å². The van der Waals surface area contributed by atoms with Gasteiger partial charge in [0.1, 0.15) is 0 Å². The molecule has 0 aromatic heterocycles. The molecule has 1 atom stereocenters. The molecule has 1 aromatic rings. The first-order chi connectivity index (χ1) is 7.02. The fraction of sp³-hybridized carbons (Fsp3) is 0.455. The molecule has 4 heteroatoms. The molecule has 0 saturated heterocycles. The van der Waals surface area contributed by atoms with Crippen LogP contribution in [0.25, 0.3) is 0 Å². The predicted molar refractivity (Wildman–Crippen MR) is 55.8 cm³/mol. The Morgan fingerprint density at radius 2 is 2.00 bits per heavy atom. The van der Waals surface area contributed by atoms with Crippen LogP contribution in [-0.4, -0.2) is 17.4 Å². The zero-order valence-electron chi connectivity index (χ0n) is 8.86. The van der Waals surface area contributed by atoms with Gasteiger partial charge in [0.2, 0.25) is 5.79 Å². The molecule has 3 N–H and O–H groups in total. The van der Waals surface area contributed by atoms with Gasteiger partial charge in [0, 0.05) is 20.4 Å². The van der Waals surface area contributed by atoms with Crippen LogP contribution in [0, 0.1) is 0 Å². The first-order valence-electron chi connectivity index (χ1n) is 4.92. The van der Waals surface area contributed by atoms with Crippen molar-refractivity contribution in [3.8, 4) is 11.5 Å². The summed E-state index contributed by atoms with van der Waals surface area (Å²) >= 11 is 0. The second-order valence-corrected chi connectivity index (χ2v) is 4.06. The van der Waals surface area contributed by atoms with Gasteiger partial charge in [-0.25, -0.2) is 0 Å². The summed E-state index contributed by atoms with van der Waals surface area (Å²) < 4.78 is 11.1. The quantitative estimate of drug-likeness (QED) is 0.767. The lowest BCUT2D eigenvalue weighted by Crippen LogP contribution is -2.29. The lowest BCUT2D eigenvalue weighted by molar-refractivity contribution is -0.0432. The Morgan fingerprint density at radius 1 is 1.33 bits per heavy atom. The highest BCUT2D eigenvalue weighted by Gasteiger charge is 2.31. The first kappa shape index (κ1) is 10.3. The maximum atomic E-state index is 9.57. The molecule has 1 aromatic carbocycles. The van der Waals surface area contributed by atoms with Gasteiger partial charge in [-0.1, -0.05) is 6.07 Å². The van der Waals surface area contributed by atoms with E-state index in [4.69, 9.17) is 15.2 Å². The number of aliphatic hydroxyl groups is 1. The highest BCUT2D eigenvalue weighted by atomic mass is 16.7. The van der Waals surface area contributed by atoms with Gasteiger partial charge in [-0.15, -0.1) is 0 Å². The van der Waals surface area contributed by atoms with Crippen molar-refractivity contribution in [2.45, 2.75) is 25.7 Å². The average Bonchev–Trinajstić information content (AvgIpc) is 2.49. The molecule has 1 aliphatic rings. The smallest absolute Gasteiger partial charge is 0.246 e. The van der Waals surface area contributed by atoms with Crippen LogP contribution in [0.5, 0.6) is 11.5 Å². The second-order valence-electron chi connectivity index (χ2n) is 4.06. The molecular weight excluding hydrogens is 194 g/mol. The Bertz CT molecular complexity index is 376. The zero-order chi connectivity index (χ0) is 11.1. The molecule has 1 aliphatic heterocycles. The summed E-state index contributed by atoms with van der Waals surface area (Å²) in [7, 11) is 0. The van der Waals surface area contributed by atoms with E-state index >= 15 is 0 Å². The SMILES string of the molecule is CC1(C)Oc2ccc(C(O)CN)cc2O1. The van der Waals surface area contributed by atoms with Crippen molar-refractivity contribution in [2.24, 2.45) is 5.73 Å².